The summed E-state index contributed by atoms with van der Waals surface area (Å²) in [5.74, 6) is -1.55. The van der Waals surface area contributed by atoms with Gasteiger partial charge in [-0.1, -0.05) is 0 Å². The van der Waals surface area contributed by atoms with Crippen LogP contribution in [0.3, 0.4) is 0 Å². The third kappa shape index (κ3) is 13.0. The van der Waals surface area contributed by atoms with E-state index in [2.05, 4.69) is 10.6 Å². The zero-order chi connectivity index (χ0) is 53.9. The fourth-order valence-electron chi connectivity index (χ4n) is 9.21. The number of carbonyl (C=O) groups excluding carboxylic acids is 2. The number of hydrogen-bond acceptors (Lipinski definition) is 31. The summed E-state index contributed by atoms with van der Waals surface area (Å²) in [7, 11) is 0. The van der Waals surface area contributed by atoms with Crippen LogP contribution in [0, 0.1) is 0 Å². The molecule has 2 amide bonds. The molecular formula is C40H68N2O31. The third-order valence-corrected chi connectivity index (χ3v) is 13.2. The second-order valence-corrected chi connectivity index (χ2v) is 18.3. The smallest absolute Gasteiger partial charge is 0.217 e. The normalized spacial score (nSPS) is 49.8. The van der Waals surface area contributed by atoms with Crippen LogP contribution in [-0.4, -0.2) is 327 Å². The molecule has 0 bridgehead atoms. The van der Waals surface area contributed by atoms with E-state index < -0.39 is 236 Å². The molecule has 0 unspecified atom stereocenters. The minimum absolute atomic E-state index is 0.716. The number of carbonyl (C=O) groups is 2. The van der Waals surface area contributed by atoms with Gasteiger partial charge in [-0.3, -0.25) is 9.59 Å². The summed E-state index contributed by atoms with van der Waals surface area (Å²) in [5.41, 5.74) is 0. The van der Waals surface area contributed by atoms with Crippen molar-refractivity contribution in [3.05, 3.63) is 0 Å². The van der Waals surface area contributed by atoms with Crippen molar-refractivity contribution in [2.24, 2.45) is 0 Å². The lowest BCUT2D eigenvalue weighted by Crippen LogP contribution is -2.70. The van der Waals surface area contributed by atoms with E-state index in [0.29, 0.717) is 0 Å². The lowest BCUT2D eigenvalue weighted by Gasteiger charge is -2.50. The van der Waals surface area contributed by atoms with Crippen LogP contribution < -0.4 is 10.6 Å². The highest BCUT2D eigenvalue weighted by Crippen LogP contribution is 2.36. The van der Waals surface area contributed by atoms with Crippen LogP contribution in [0.25, 0.3) is 0 Å². The van der Waals surface area contributed by atoms with E-state index in [-0.39, 0.29) is 0 Å². The Kier molecular flexibility index (Phi) is 21.3. The topological polar surface area (TPSA) is 524 Å². The van der Waals surface area contributed by atoms with Gasteiger partial charge >= 0.3 is 0 Å². The van der Waals surface area contributed by atoms with Gasteiger partial charge in [-0.15, -0.1) is 0 Å². The summed E-state index contributed by atoms with van der Waals surface area (Å²) in [5, 5.41) is 197. The molecule has 0 aliphatic carbocycles. The fraction of sp³-hybridized carbons (Fsp3) is 0.950. The average Bonchev–Trinajstić information content (AvgIpc) is 3.35. The number of aliphatic hydroxyl groups excluding tert-OH is 18. The lowest BCUT2D eigenvalue weighted by atomic mass is 9.94. The van der Waals surface area contributed by atoms with Crippen molar-refractivity contribution >= 4 is 11.8 Å². The third-order valence-electron chi connectivity index (χ3n) is 13.2. The standard InChI is InChI=1S/C40H68N2O31/c1-9(48)41-17-23(54)31(14(6-46)64-35(17)62)70-36-18(42-10(2)49)24(55)32(15(7-47)68-36)71-40-30(61)34(73-39-28(59)26(57)20(51)12(4-44)67-39)22(53)16(69-40)8-63-37-29(60)33(21(52)13(5-45)65-37)72-38-27(58)25(56)19(50)11(3-43)66-38/h11-40,43-47,50-62H,3-8H2,1-2H3,(H,41,48)(H,42,49)/t11-,12-,13-,14-,15-,16-,17-,18-,19-,20-,21-,22-,23-,24-,25+,26+,27+,28+,29+,30+,31-,32-,33+,34+,35-,36+,37+,38-,39-,40-/m1/s1. The molecule has 0 spiro atoms. The minimum atomic E-state index is -2.27. The first-order valence-corrected chi connectivity index (χ1v) is 23.1. The van der Waals surface area contributed by atoms with Gasteiger partial charge in [-0.2, -0.15) is 0 Å². The molecule has 6 saturated heterocycles. The van der Waals surface area contributed by atoms with Crippen molar-refractivity contribution in [3.63, 3.8) is 0 Å². The largest absolute Gasteiger partial charge is 0.394 e. The van der Waals surface area contributed by atoms with Crippen molar-refractivity contribution in [2.75, 3.05) is 39.6 Å². The van der Waals surface area contributed by atoms with Gasteiger partial charge < -0.3 is 155 Å². The van der Waals surface area contributed by atoms with Gasteiger partial charge in [0, 0.05) is 13.8 Å². The molecule has 6 aliphatic heterocycles. The molecule has 6 rings (SSSR count). The van der Waals surface area contributed by atoms with Gasteiger partial charge in [-0.25, -0.2) is 0 Å². The van der Waals surface area contributed by atoms with Crippen LogP contribution in [-0.2, 0) is 61.7 Å². The molecule has 0 saturated carbocycles. The Hall–Kier alpha value is -2.22. The molecular weight excluding hydrogens is 1000 g/mol. The summed E-state index contributed by atoms with van der Waals surface area (Å²) in [6, 6.07) is -3.28. The first-order chi connectivity index (χ1) is 34.5. The first-order valence-electron chi connectivity index (χ1n) is 23.1. The molecule has 6 fully saturated rings. The lowest BCUT2D eigenvalue weighted by molar-refractivity contribution is -0.386. The Morgan fingerprint density at radius 1 is 0.356 bits per heavy atom. The van der Waals surface area contributed by atoms with Gasteiger partial charge in [0.25, 0.3) is 0 Å². The van der Waals surface area contributed by atoms with Crippen molar-refractivity contribution in [1.82, 2.24) is 10.6 Å². The summed E-state index contributed by atoms with van der Waals surface area (Å²) in [4.78, 5) is 24.4. The zero-order valence-corrected chi connectivity index (χ0v) is 38.9. The molecule has 0 aromatic rings. The maximum atomic E-state index is 12.6. The first kappa shape index (κ1) is 60.0. The molecule has 0 aromatic heterocycles. The number of nitrogens with one attached hydrogen (secondary N) is 2. The zero-order valence-electron chi connectivity index (χ0n) is 38.9. The number of aliphatic hydroxyl groups is 18. The van der Waals surface area contributed by atoms with Gasteiger partial charge in [-0.05, 0) is 0 Å². The Morgan fingerprint density at radius 3 is 1.18 bits per heavy atom. The molecule has 30 atom stereocenters. The average molecular weight is 1070 g/mol. The van der Waals surface area contributed by atoms with Gasteiger partial charge in [0.1, 0.15) is 146 Å². The number of hydrogen-bond donors (Lipinski definition) is 20. The maximum absolute atomic E-state index is 12.6. The summed E-state index contributed by atoms with van der Waals surface area (Å²) >= 11 is 0. The number of amides is 2. The Labute approximate surface area is 413 Å². The predicted octanol–water partition coefficient (Wildman–Crippen LogP) is -13.8. The highest BCUT2D eigenvalue weighted by atomic mass is 16.8. The second kappa shape index (κ2) is 26.0. The summed E-state index contributed by atoms with van der Waals surface area (Å²) < 4.78 is 62.5. The molecule has 33 heteroatoms. The molecule has 33 nitrogen and oxygen atoms in total. The van der Waals surface area contributed by atoms with Crippen molar-refractivity contribution in [2.45, 2.75) is 198 Å². The van der Waals surface area contributed by atoms with Gasteiger partial charge in [0.05, 0.1) is 39.6 Å². The van der Waals surface area contributed by atoms with Crippen LogP contribution >= 0.6 is 0 Å². The monoisotopic (exact) mass is 1070 g/mol. The van der Waals surface area contributed by atoms with Gasteiger partial charge in [0.15, 0.2) is 37.7 Å². The van der Waals surface area contributed by atoms with Gasteiger partial charge in [0.2, 0.25) is 11.8 Å². The van der Waals surface area contributed by atoms with Crippen LogP contribution in [0.2, 0.25) is 0 Å². The highest BCUT2D eigenvalue weighted by Gasteiger charge is 2.57. The SMILES string of the molecule is CC(=O)N[C@@H]1[C@@H](O)[C@H](O[C@@H]2O[C@H](CO)[C@@H](O[C@H]3O[C@H](CO[C@H]4O[C@H](CO)[C@@H](O)[C@H](O[C@H]5O[C@H](CO)[C@@H](O)[C@H](O)[C@@H]5O)[C@@H]4O)[C@@H](O)[C@H](O[C@H]4O[C@H](CO)[C@@H](O)[C@H](O)[C@@H]4O)[C@@H]3O)[C@H](O)[C@H]2NC(C)=O)[C@@H](CO)O[C@H]1O. The quantitative estimate of drug-likeness (QED) is 0.0606. The highest BCUT2D eigenvalue weighted by molar-refractivity contribution is 5.73. The van der Waals surface area contributed by atoms with Crippen LogP contribution in [0.15, 0.2) is 0 Å². The Bertz CT molecular complexity index is 1750. The molecule has 6 heterocycles. The van der Waals surface area contributed by atoms with Crippen LogP contribution in [0.5, 0.6) is 0 Å². The van der Waals surface area contributed by atoms with E-state index in [1.165, 1.54) is 0 Å². The maximum Gasteiger partial charge on any atom is 0.217 e. The summed E-state index contributed by atoms with van der Waals surface area (Å²) in [6.45, 7) is -3.62. The minimum Gasteiger partial charge on any atom is -0.394 e. The second-order valence-electron chi connectivity index (χ2n) is 18.3. The van der Waals surface area contributed by atoms with E-state index in [4.69, 9.17) is 52.1 Å². The predicted molar refractivity (Wildman–Crippen MR) is 222 cm³/mol. The molecule has 73 heavy (non-hydrogen) atoms. The molecule has 424 valence electrons. The Morgan fingerprint density at radius 2 is 0.699 bits per heavy atom. The number of ether oxygens (including phenoxy) is 11. The Balaban J connectivity index is 1.26. The van der Waals surface area contributed by atoms with E-state index in [1.807, 2.05) is 0 Å². The van der Waals surface area contributed by atoms with E-state index >= 15 is 0 Å². The molecule has 0 aromatic carbocycles. The number of rotatable bonds is 18. The van der Waals surface area contributed by atoms with E-state index in [0.717, 1.165) is 13.8 Å². The van der Waals surface area contributed by atoms with Crippen LogP contribution in [0.1, 0.15) is 13.8 Å². The van der Waals surface area contributed by atoms with Crippen molar-refractivity contribution in [1.29, 1.82) is 0 Å². The fourth-order valence-corrected chi connectivity index (χ4v) is 9.21. The van der Waals surface area contributed by atoms with Crippen molar-refractivity contribution in [3.8, 4) is 0 Å². The van der Waals surface area contributed by atoms with Crippen LogP contribution in [0.4, 0.5) is 0 Å². The molecule has 6 aliphatic rings. The van der Waals surface area contributed by atoms with E-state index in [1.54, 1.807) is 0 Å². The molecule has 20 N–H and O–H groups in total. The van der Waals surface area contributed by atoms with E-state index in [9.17, 15) is 102 Å². The summed E-state index contributed by atoms with van der Waals surface area (Å²) in [6.07, 6.45) is -53.5. The van der Waals surface area contributed by atoms with Crippen molar-refractivity contribution < 1.29 is 154 Å². The molecule has 0 radical (unpaired) electrons.